The molecule has 0 heterocycles. The average molecular weight is 357 g/mol. The summed E-state index contributed by atoms with van der Waals surface area (Å²) in [7, 11) is 0. The fraction of sp³-hybridized carbons (Fsp3) is 0.300. The van der Waals surface area contributed by atoms with Crippen LogP contribution in [0.5, 0.6) is 5.75 Å². The minimum atomic E-state index is -1.08. The average Bonchev–Trinajstić information content (AvgIpc) is 3.10. The zero-order valence-electron chi connectivity index (χ0n) is 14.2. The molecule has 1 amide bonds. The van der Waals surface area contributed by atoms with Crippen LogP contribution in [0.25, 0.3) is 0 Å². The largest absolute Gasteiger partial charge is 0.482 e. The topological polar surface area (TPSA) is 75.6 Å². The maximum atomic E-state index is 13.3. The molecule has 0 radical (unpaired) electrons. The molecule has 0 aliphatic heterocycles. The van der Waals surface area contributed by atoms with Gasteiger partial charge < -0.3 is 15.2 Å². The third-order valence-electron chi connectivity index (χ3n) is 4.67. The van der Waals surface area contributed by atoms with Crippen LogP contribution >= 0.6 is 0 Å². The Morgan fingerprint density at radius 3 is 2.46 bits per heavy atom. The van der Waals surface area contributed by atoms with E-state index in [-0.39, 0.29) is 11.7 Å². The monoisotopic (exact) mass is 357 g/mol. The van der Waals surface area contributed by atoms with E-state index in [0.29, 0.717) is 11.3 Å². The Balaban J connectivity index is 1.79. The van der Waals surface area contributed by atoms with Crippen LogP contribution in [0.1, 0.15) is 41.6 Å². The molecular formula is C20H20FNO4. The Morgan fingerprint density at radius 1 is 1.12 bits per heavy atom. The number of halogens is 1. The van der Waals surface area contributed by atoms with Gasteiger partial charge in [-0.3, -0.25) is 4.79 Å². The van der Waals surface area contributed by atoms with Crippen LogP contribution in [0.15, 0.2) is 48.5 Å². The maximum absolute atomic E-state index is 13.3. The van der Waals surface area contributed by atoms with E-state index in [2.05, 4.69) is 5.32 Å². The quantitative estimate of drug-likeness (QED) is 0.830. The van der Waals surface area contributed by atoms with Gasteiger partial charge in [-0.05, 0) is 48.7 Å². The molecule has 2 aromatic rings. The number of rotatable bonds is 6. The molecule has 1 fully saturated rings. The van der Waals surface area contributed by atoms with Crippen molar-refractivity contribution in [2.24, 2.45) is 0 Å². The number of nitrogens with one attached hydrogen (secondary N) is 1. The molecule has 2 aromatic carbocycles. The minimum Gasteiger partial charge on any atom is -0.482 e. The predicted molar refractivity (Wildman–Crippen MR) is 93.6 cm³/mol. The number of amides is 1. The van der Waals surface area contributed by atoms with Crippen LogP contribution in [0.2, 0.25) is 0 Å². The van der Waals surface area contributed by atoms with Gasteiger partial charge in [-0.1, -0.05) is 31.0 Å². The van der Waals surface area contributed by atoms with Gasteiger partial charge in [-0.25, -0.2) is 9.18 Å². The Labute approximate surface area is 150 Å². The van der Waals surface area contributed by atoms with Crippen molar-refractivity contribution in [1.29, 1.82) is 0 Å². The molecular weight excluding hydrogens is 337 g/mol. The van der Waals surface area contributed by atoms with Gasteiger partial charge in [0.15, 0.2) is 6.61 Å². The number of hydrogen-bond donors (Lipinski definition) is 2. The predicted octanol–water partition coefficient (Wildman–Crippen LogP) is 3.49. The Kier molecular flexibility index (Phi) is 5.21. The van der Waals surface area contributed by atoms with Crippen LogP contribution < -0.4 is 10.1 Å². The van der Waals surface area contributed by atoms with Crippen molar-refractivity contribution in [1.82, 2.24) is 5.32 Å². The molecule has 3 rings (SSSR count). The number of hydrogen-bond acceptors (Lipinski definition) is 3. The molecule has 0 saturated heterocycles. The molecule has 0 unspecified atom stereocenters. The van der Waals surface area contributed by atoms with Crippen molar-refractivity contribution in [2.75, 3.05) is 6.61 Å². The molecule has 0 bridgehead atoms. The standard InChI is InChI=1S/C20H20FNO4/c21-16-8-6-15(7-9-16)20(10-1-2-11-20)22-19(25)14-4-3-5-17(12-14)26-13-18(23)24/h3-9,12H,1-2,10-11,13H2,(H,22,25)(H,23,24). The lowest BCUT2D eigenvalue weighted by molar-refractivity contribution is -0.139. The molecule has 1 aliphatic rings. The normalized spacial score (nSPS) is 15.4. The van der Waals surface area contributed by atoms with Crippen molar-refractivity contribution in [3.05, 3.63) is 65.5 Å². The summed E-state index contributed by atoms with van der Waals surface area (Å²) in [5.41, 5.74) is 0.771. The van der Waals surface area contributed by atoms with Crippen molar-refractivity contribution in [3.8, 4) is 5.75 Å². The highest BCUT2D eigenvalue weighted by Gasteiger charge is 2.37. The second kappa shape index (κ2) is 7.56. The van der Waals surface area contributed by atoms with Crippen LogP contribution in [-0.2, 0) is 10.3 Å². The van der Waals surface area contributed by atoms with Crippen molar-refractivity contribution >= 4 is 11.9 Å². The molecule has 0 aromatic heterocycles. The first kappa shape index (κ1) is 17.9. The summed E-state index contributed by atoms with van der Waals surface area (Å²) < 4.78 is 18.4. The van der Waals surface area contributed by atoms with E-state index >= 15 is 0 Å². The first-order chi connectivity index (χ1) is 12.5. The highest BCUT2D eigenvalue weighted by molar-refractivity contribution is 5.95. The maximum Gasteiger partial charge on any atom is 0.341 e. The lowest BCUT2D eigenvalue weighted by atomic mass is 9.87. The van der Waals surface area contributed by atoms with Gasteiger partial charge in [0.2, 0.25) is 0 Å². The van der Waals surface area contributed by atoms with Gasteiger partial charge in [0.25, 0.3) is 5.91 Å². The van der Waals surface area contributed by atoms with Crippen molar-refractivity contribution < 1.29 is 23.8 Å². The molecule has 2 N–H and O–H groups in total. The van der Waals surface area contributed by atoms with Gasteiger partial charge in [0.05, 0.1) is 5.54 Å². The molecule has 136 valence electrons. The molecule has 0 spiro atoms. The fourth-order valence-corrected chi connectivity index (χ4v) is 3.40. The van der Waals surface area contributed by atoms with Crippen LogP contribution in [0.4, 0.5) is 4.39 Å². The van der Waals surface area contributed by atoms with Crippen LogP contribution in [0, 0.1) is 5.82 Å². The second-order valence-electron chi connectivity index (χ2n) is 6.46. The summed E-state index contributed by atoms with van der Waals surface area (Å²) in [6.45, 7) is -0.468. The Bertz CT molecular complexity index is 798. The van der Waals surface area contributed by atoms with E-state index in [9.17, 15) is 14.0 Å². The molecule has 0 atom stereocenters. The Morgan fingerprint density at radius 2 is 1.81 bits per heavy atom. The lowest BCUT2D eigenvalue weighted by Crippen LogP contribution is -2.43. The third-order valence-corrected chi connectivity index (χ3v) is 4.67. The number of benzene rings is 2. The third kappa shape index (κ3) is 4.02. The number of carboxylic acids is 1. The number of carboxylic acid groups (broad SMARTS) is 1. The smallest absolute Gasteiger partial charge is 0.341 e. The number of aliphatic carboxylic acids is 1. The first-order valence-corrected chi connectivity index (χ1v) is 8.52. The van der Waals surface area contributed by atoms with Gasteiger partial charge in [0.1, 0.15) is 11.6 Å². The zero-order chi connectivity index (χ0) is 18.6. The SMILES string of the molecule is O=C(O)COc1cccc(C(=O)NC2(c3ccc(F)cc3)CCCC2)c1. The Hall–Kier alpha value is -2.89. The van der Waals surface area contributed by atoms with E-state index in [0.717, 1.165) is 31.2 Å². The van der Waals surface area contributed by atoms with Gasteiger partial charge in [0, 0.05) is 5.56 Å². The van der Waals surface area contributed by atoms with E-state index in [1.165, 1.54) is 18.2 Å². The van der Waals surface area contributed by atoms with Crippen LogP contribution in [0.3, 0.4) is 0 Å². The second-order valence-corrected chi connectivity index (χ2v) is 6.46. The van der Waals surface area contributed by atoms with E-state index in [4.69, 9.17) is 9.84 Å². The summed E-state index contributed by atoms with van der Waals surface area (Å²) in [5, 5.41) is 11.8. The summed E-state index contributed by atoms with van der Waals surface area (Å²) in [4.78, 5) is 23.4. The van der Waals surface area contributed by atoms with Gasteiger partial charge in [-0.2, -0.15) is 0 Å². The molecule has 5 nitrogen and oxygen atoms in total. The summed E-state index contributed by atoms with van der Waals surface area (Å²) in [6, 6.07) is 12.7. The fourth-order valence-electron chi connectivity index (χ4n) is 3.40. The van der Waals surface area contributed by atoms with E-state index < -0.39 is 18.1 Å². The van der Waals surface area contributed by atoms with Gasteiger partial charge >= 0.3 is 5.97 Å². The molecule has 26 heavy (non-hydrogen) atoms. The summed E-state index contributed by atoms with van der Waals surface area (Å²) >= 11 is 0. The summed E-state index contributed by atoms with van der Waals surface area (Å²) in [5.74, 6) is -1.34. The molecule has 1 aliphatic carbocycles. The van der Waals surface area contributed by atoms with Crippen molar-refractivity contribution in [3.63, 3.8) is 0 Å². The first-order valence-electron chi connectivity index (χ1n) is 8.52. The number of carbonyl (C=O) groups is 2. The highest BCUT2D eigenvalue weighted by Crippen LogP contribution is 2.39. The van der Waals surface area contributed by atoms with E-state index in [1.807, 2.05) is 0 Å². The minimum absolute atomic E-state index is 0.267. The van der Waals surface area contributed by atoms with Crippen molar-refractivity contribution in [2.45, 2.75) is 31.2 Å². The zero-order valence-corrected chi connectivity index (χ0v) is 14.2. The van der Waals surface area contributed by atoms with Gasteiger partial charge in [-0.15, -0.1) is 0 Å². The molecule has 6 heteroatoms. The number of carbonyl (C=O) groups excluding carboxylic acids is 1. The molecule has 1 saturated carbocycles. The van der Waals surface area contributed by atoms with Crippen LogP contribution in [-0.4, -0.2) is 23.6 Å². The highest BCUT2D eigenvalue weighted by atomic mass is 19.1. The lowest BCUT2D eigenvalue weighted by Gasteiger charge is -2.31. The van der Waals surface area contributed by atoms with E-state index in [1.54, 1.807) is 30.3 Å². The number of ether oxygens (including phenoxy) is 1. The summed E-state index contributed by atoms with van der Waals surface area (Å²) in [6.07, 6.45) is 3.55.